The van der Waals surface area contributed by atoms with Crippen molar-refractivity contribution in [3.63, 3.8) is 0 Å². The summed E-state index contributed by atoms with van der Waals surface area (Å²) in [5.74, 6) is -0.222. The Morgan fingerprint density at radius 1 is 0.886 bits per heavy atom. The molecule has 1 aromatic heterocycles. The Morgan fingerprint density at radius 3 is 2.23 bits per heavy atom. The first-order valence-corrected chi connectivity index (χ1v) is 12.1. The molecule has 0 N–H and O–H groups in total. The number of rotatable bonds is 11. The van der Waals surface area contributed by atoms with Gasteiger partial charge < -0.3 is 9.47 Å². The van der Waals surface area contributed by atoms with Gasteiger partial charge >= 0.3 is 12.1 Å². The quantitative estimate of drug-likeness (QED) is 0.323. The summed E-state index contributed by atoms with van der Waals surface area (Å²) in [6.45, 7) is 6.56. The SMILES string of the molecule is CCOC(=O)N(CCc1ccc(-c2ccccn2)cc1)[C@@H](CC(C)C)C(=O)OCc1ccccc1. The van der Waals surface area contributed by atoms with Crippen molar-refractivity contribution in [2.75, 3.05) is 13.2 Å². The van der Waals surface area contributed by atoms with E-state index in [0.29, 0.717) is 19.4 Å². The monoisotopic (exact) mass is 474 g/mol. The minimum atomic E-state index is -0.717. The standard InChI is InChI=1S/C29H34N2O4/c1-4-34-29(33)31(19-17-23-13-15-25(16-14-23)26-12-8-9-18-30-26)27(20-22(2)3)28(32)35-21-24-10-6-5-7-11-24/h5-16,18,22,27H,4,17,19-21H2,1-3H3/t27-/m0/s1. The molecule has 35 heavy (non-hydrogen) atoms. The van der Waals surface area contributed by atoms with Crippen LogP contribution in [0.2, 0.25) is 0 Å². The van der Waals surface area contributed by atoms with E-state index in [-0.39, 0.29) is 19.1 Å². The molecule has 184 valence electrons. The molecule has 1 amide bonds. The van der Waals surface area contributed by atoms with E-state index in [9.17, 15) is 9.59 Å². The van der Waals surface area contributed by atoms with E-state index in [0.717, 1.165) is 22.4 Å². The molecule has 3 rings (SSSR count). The van der Waals surface area contributed by atoms with Crippen LogP contribution in [-0.4, -0.2) is 41.1 Å². The third kappa shape index (κ3) is 7.95. The molecule has 0 radical (unpaired) electrons. The van der Waals surface area contributed by atoms with Crippen molar-refractivity contribution in [3.05, 3.63) is 90.1 Å². The number of nitrogens with zero attached hydrogens (tertiary/aromatic N) is 2. The predicted molar refractivity (Wildman–Crippen MR) is 137 cm³/mol. The second kappa shape index (κ2) is 13.3. The van der Waals surface area contributed by atoms with Crippen LogP contribution in [-0.2, 0) is 27.3 Å². The first-order chi connectivity index (χ1) is 17.0. The molecule has 3 aromatic rings. The molecule has 0 aliphatic carbocycles. The number of ether oxygens (including phenoxy) is 2. The van der Waals surface area contributed by atoms with E-state index in [4.69, 9.17) is 9.47 Å². The van der Waals surface area contributed by atoms with Crippen LogP contribution in [0.4, 0.5) is 4.79 Å². The molecule has 1 atom stereocenters. The molecule has 0 saturated carbocycles. The highest BCUT2D eigenvalue weighted by molar-refractivity contribution is 5.81. The molecule has 6 heteroatoms. The number of pyridine rings is 1. The summed E-state index contributed by atoms with van der Waals surface area (Å²) in [5, 5.41) is 0. The van der Waals surface area contributed by atoms with Crippen molar-refractivity contribution < 1.29 is 19.1 Å². The summed E-state index contributed by atoms with van der Waals surface area (Å²) >= 11 is 0. The average molecular weight is 475 g/mol. The maximum Gasteiger partial charge on any atom is 0.410 e. The normalized spacial score (nSPS) is 11.7. The van der Waals surface area contributed by atoms with E-state index in [2.05, 4.69) is 4.98 Å². The Hall–Kier alpha value is -3.67. The van der Waals surface area contributed by atoms with Gasteiger partial charge in [-0.3, -0.25) is 9.88 Å². The van der Waals surface area contributed by atoms with Crippen LogP contribution in [0.1, 0.15) is 38.3 Å². The van der Waals surface area contributed by atoms with Gasteiger partial charge in [0.1, 0.15) is 12.6 Å². The summed E-state index contributed by atoms with van der Waals surface area (Å²) in [6, 6.07) is 22.7. The van der Waals surface area contributed by atoms with Gasteiger partial charge in [-0.2, -0.15) is 0 Å². The van der Waals surface area contributed by atoms with E-state index < -0.39 is 18.1 Å². The van der Waals surface area contributed by atoms with Gasteiger partial charge in [0.05, 0.1) is 12.3 Å². The average Bonchev–Trinajstić information content (AvgIpc) is 2.88. The fourth-order valence-corrected chi connectivity index (χ4v) is 3.83. The van der Waals surface area contributed by atoms with Crippen LogP contribution in [0.25, 0.3) is 11.3 Å². The maximum atomic E-state index is 13.1. The fourth-order valence-electron chi connectivity index (χ4n) is 3.83. The van der Waals surface area contributed by atoms with Crippen LogP contribution in [0, 0.1) is 5.92 Å². The van der Waals surface area contributed by atoms with Crippen molar-refractivity contribution in [2.24, 2.45) is 5.92 Å². The number of carbonyl (C=O) groups excluding carboxylic acids is 2. The van der Waals surface area contributed by atoms with E-state index in [1.807, 2.05) is 86.6 Å². The summed E-state index contributed by atoms with van der Waals surface area (Å²) < 4.78 is 10.9. The van der Waals surface area contributed by atoms with Crippen molar-refractivity contribution in [2.45, 2.75) is 46.3 Å². The molecule has 1 heterocycles. The van der Waals surface area contributed by atoms with E-state index in [1.54, 1.807) is 13.1 Å². The van der Waals surface area contributed by atoms with Gasteiger partial charge in [-0.1, -0.05) is 74.5 Å². The molecular weight excluding hydrogens is 440 g/mol. The van der Waals surface area contributed by atoms with Crippen LogP contribution in [0.15, 0.2) is 79.0 Å². The molecule has 2 aromatic carbocycles. The smallest absolute Gasteiger partial charge is 0.410 e. The molecule has 0 aliphatic heterocycles. The summed E-state index contributed by atoms with van der Waals surface area (Å²) in [4.78, 5) is 31.9. The number of hydrogen-bond donors (Lipinski definition) is 0. The number of esters is 1. The van der Waals surface area contributed by atoms with Crippen LogP contribution < -0.4 is 0 Å². The second-order valence-corrected chi connectivity index (χ2v) is 8.79. The molecule has 0 spiro atoms. The van der Waals surface area contributed by atoms with Gasteiger partial charge in [0.25, 0.3) is 0 Å². The highest BCUT2D eigenvalue weighted by Crippen LogP contribution is 2.20. The zero-order valence-electron chi connectivity index (χ0n) is 20.7. The Balaban J connectivity index is 1.72. The zero-order valence-corrected chi connectivity index (χ0v) is 20.7. The Morgan fingerprint density at radius 2 is 1.60 bits per heavy atom. The molecule has 0 unspecified atom stereocenters. The second-order valence-electron chi connectivity index (χ2n) is 8.79. The number of benzene rings is 2. The topological polar surface area (TPSA) is 68.7 Å². The van der Waals surface area contributed by atoms with Gasteiger partial charge in [0.2, 0.25) is 0 Å². The van der Waals surface area contributed by atoms with E-state index >= 15 is 0 Å². The third-order valence-electron chi connectivity index (χ3n) is 5.63. The lowest BCUT2D eigenvalue weighted by Gasteiger charge is -2.30. The van der Waals surface area contributed by atoms with Gasteiger partial charge in [0, 0.05) is 18.3 Å². The van der Waals surface area contributed by atoms with Crippen LogP contribution in [0.3, 0.4) is 0 Å². The number of amides is 1. The number of aromatic nitrogens is 1. The first-order valence-electron chi connectivity index (χ1n) is 12.1. The molecular formula is C29H34N2O4. The molecule has 0 bridgehead atoms. The predicted octanol–water partition coefficient (Wildman–Crippen LogP) is 5.91. The lowest BCUT2D eigenvalue weighted by Crippen LogP contribution is -2.47. The Kier molecular flexibility index (Phi) is 9.84. The highest BCUT2D eigenvalue weighted by Gasteiger charge is 2.32. The molecule has 6 nitrogen and oxygen atoms in total. The maximum absolute atomic E-state index is 13.1. The van der Waals surface area contributed by atoms with E-state index in [1.165, 1.54) is 4.90 Å². The minimum absolute atomic E-state index is 0.167. The van der Waals surface area contributed by atoms with Gasteiger partial charge in [-0.05, 0) is 48.9 Å². The van der Waals surface area contributed by atoms with Crippen LogP contribution >= 0.6 is 0 Å². The van der Waals surface area contributed by atoms with Crippen molar-refractivity contribution in [1.82, 2.24) is 9.88 Å². The van der Waals surface area contributed by atoms with Gasteiger partial charge in [-0.15, -0.1) is 0 Å². The fraction of sp³-hybridized carbons (Fsp3) is 0.345. The highest BCUT2D eigenvalue weighted by atomic mass is 16.6. The largest absolute Gasteiger partial charge is 0.459 e. The zero-order chi connectivity index (χ0) is 25.0. The summed E-state index contributed by atoms with van der Waals surface area (Å²) in [7, 11) is 0. The minimum Gasteiger partial charge on any atom is -0.459 e. The van der Waals surface area contributed by atoms with Gasteiger partial charge in [0.15, 0.2) is 0 Å². The summed E-state index contributed by atoms with van der Waals surface area (Å²) in [6.07, 6.45) is 2.35. The molecule has 0 fully saturated rings. The first kappa shape index (κ1) is 25.9. The van der Waals surface area contributed by atoms with Crippen molar-refractivity contribution >= 4 is 12.1 Å². The Labute approximate surface area is 207 Å². The van der Waals surface area contributed by atoms with Crippen molar-refractivity contribution in [1.29, 1.82) is 0 Å². The number of hydrogen-bond acceptors (Lipinski definition) is 5. The van der Waals surface area contributed by atoms with Gasteiger partial charge in [-0.25, -0.2) is 9.59 Å². The lowest BCUT2D eigenvalue weighted by molar-refractivity contribution is -0.151. The molecule has 0 saturated heterocycles. The third-order valence-corrected chi connectivity index (χ3v) is 5.63. The number of carbonyl (C=O) groups is 2. The lowest BCUT2D eigenvalue weighted by atomic mass is 10.0. The van der Waals surface area contributed by atoms with Crippen LogP contribution in [0.5, 0.6) is 0 Å². The Bertz CT molecular complexity index is 1050. The molecule has 0 aliphatic rings. The van der Waals surface area contributed by atoms with Crippen molar-refractivity contribution in [3.8, 4) is 11.3 Å². The summed E-state index contributed by atoms with van der Waals surface area (Å²) in [5.41, 5.74) is 3.89.